The highest BCUT2D eigenvalue weighted by atomic mass is 14.9. The van der Waals surface area contributed by atoms with Gasteiger partial charge in [0.25, 0.3) is 0 Å². The average molecular weight is 119 g/mol. The van der Waals surface area contributed by atoms with Crippen molar-refractivity contribution in [3.8, 4) is 6.07 Å². The number of nitrogens with zero attached hydrogens (tertiary/aromatic N) is 2. The molecule has 1 N–H and O–H groups in total. The fraction of sp³-hybridized carbons (Fsp3) is 0. The third kappa shape index (κ3) is 1.42. The van der Waals surface area contributed by atoms with Gasteiger partial charge in [-0.3, -0.25) is 0 Å². The van der Waals surface area contributed by atoms with Crippen molar-refractivity contribution in [2.24, 2.45) is 0 Å². The first-order valence-electron chi connectivity index (χ1n) is 2.49. The van der Waals surface area contributed by atoms with E-state index in [9.17, 15) is 0 Å². The number of aromatic nitrogens is 2. The van der Waals surface area contributed by atoms with E-state index < -0.39 is 0 Å². The normalized spacial score (nSPS) is 9.67. The Morgan fingerprint density at radius 2 is 2.67 bits per heavy atom. The number of H-pyrrole nitrogens is 1. The lowest BCUT2D eigenvalue weighted by molar-refractivity contribution is 1.26. The van der Waals surface area contributed by atoms with Crippen LogP contribution in [0.5, 0.6) is 0 Å². The highest BCUT2D eigenvalue weighted by Gasteiger charge is 1.81. The minimum Gasteiger partial charge on any atom is -0.345 e. The van der Waals surface area contributed by atoms with Crippen LogP contribution >= 0.6 is 0 Å². The van der Waals surface area contributed by atoms with E-state index in [1.807, 2.05) is 6.07 Å². The topological polar surface area (TPSA) is 52.5 Å². The zero-order valence-corrected chi connectivity index (χ0v) is 4.70. The second kappa shape index (κ2) is 2.68. The van der Waals surface area contributed by atoms with E-state index in [4.69, 9.17) is 5.26 Å². The summed E-state index contributed by atoms with van der Waals surface area (Å²) in [5.41, 5.74) is 0. The van der Waals surface area contributed by atoms with Crippen LogP contribution in [-0.2, 0) is 0 Å². The van der Waals surface area contributed by atoms with E-state index in [1.165, 1.54) is 6.08 Å². The average Bonchev–Trinajstić information content (AvgIpc) is 2.34. The van der Waals surface area contributed by atoms with Gasteiger partial charge in [0.05, 0.1) is 6.07 Å². The summed E-state index contributed by atoms with van der Waals surface area (Å²) in [6.07, 6.45) is 6.33. The fourth-order valence-corrected chi connectivity index (χ4v) is 0.485. The third-order valence-electron chi connectivity index (χ3n) is 0.835. The van der Waals surface area contributed by atoms with Gasteiger partial charge < -0.3 is 4.98 Å². The lowest BCUT2D eigenvalue weighted by atomic mass is 10.5. The predicted octanol–water partition coefficient (Wildman–Crippen LogP) is 0.946. The van der Waals surface area contributed by atoms with Crippen LogP contribution in [0.4, 0.5) is 0 Å². The van der Waals surface area contributed by atoms with Crippen LogP contribution in [0.15, 0.2) is 18.5 Å². The molecule has 0 saturated carbocycles. The molecule has 9 heavy (non-hydrogen) atoms. The van der Waals surface area contributed by atoms with Crippen LogP contribution in [0.25, 0.3) is 6.08 Å². The van der Waals surface area contributed by atoms with Crippen molar-refractivity contribution in [1.82, 2.24) is 9.97 Å². The lowest BCUT2D eigenvalue weighted by Crippen LogP contribution is -1.70. The SMILES string of the molecule is N#C/C=C\c1ncc[nH]1. The predicted molar refractivity (Wildman–Crippen MR) is 33.2 cm³/mol. The number of hydrogen-bond donors (Lipinski definition) is 1. The van der Waals surface area contributed by atoms with Gasteiger partial charge >= 0.3 is 0 Å². The Kier molecular flexibility index (Phi) is 1.66. The second-order valence-corrected chi connectivity index (χ2v) is 1.44. The Labute approximate surface area is 52.7 Å². The van der Waals surface area contributed by atoms with Crippen LogP contribution < -0.4 is 0 Å². The van der Waals surface area contributed by atoms with Crippen molar-refractivity contribution in [3.05, 3.63) is 24.3 Å². The van der Waals surface area contributed by atoms with E-state index in [2.05, 4.69) is 9.97 Å². The van der Waals surface area contributed by atoms with Gasteiger partial charge in [-0.05, 0) is 6.08 Å². The van der Waals surface area contributed by atoms with Gasteiger partial charge in [0.2, 0.25) is 0 Å². The molecule has 1 aromatic heterocycles. The number of rotatable bonds is 1. The van der Waals surface area contributed by atoms with Gasteiger partial charge in [-0.25, -0.2) is 4.98 Å². The molecule has 0 aromatic carbocycles. The summed E-state index contributed by atoms with van der Waals surface area (Å²) in [6.45, 7) is 0. The fourth-order valence-electron chi connectivity index (χ4n) is 0.485. The van der Waals surface area contributed by atoms with Crippen LogP contribution in [0.1, 0.15) is 5.82 Å². The largest absolute Gasteiger partial charge is 0.345 e. The summed E-state index contributed by atoms with van der Waals surface area (Å²) in [5, 5.41) is 8.09. The van der Waals surface area contributed by atoms with Crippen molar-refractivity contribution >= 4 is 6.08 Å². The third-order valence-corrected chi connectivity index (χ3v) is 0.835. The molecule has 0 aliphatic rings. The van der Waals surface area contributed by atoms with Crippen molar-refractivity contribution in [1.29, 1.82) is 5.26 Å². The number of nitriles is 1. The molecule has 3 heteroatoms. The van der Waals surface area contributed by atoms with Gasteiger partial charge in [-0.2, -0.15) is 5.26 Å². The molecule has 3 nitrogen and oxygen atoms in total. The molecule has 0 saturated heterocycles. The Hall–Kier alpha value is -1.56. The first kappa shape index (κ1) is 5.57. The van der Waals surface area contributed by atoms with Crippen LogP contribution in [-0.4, -0.2) is 9.97 Å². The lowest BCUT2D eigenvalue weighted by Gasteiger charge is -1.75. The summed E-state index contributed by atoms with van der Waals surface area (Å²) < 4.78 is 0. The molecule has 0 unspecified atom stereocenters. The van der Waals surface area contributed by atoms with Crippen LogP contribution in [0, 0.1) is 11.3 Å². The van der Waals surface area contributed by atoms with E-state index in [1.54, 1.807) is 18.5 Å². The molecule has 1 aromatic rings. The molecule has 0 aliphatic carbocycles. The number of hydrogen-bond acceptors (Lipinski definition) is 2. The molecule has 0 spiro atoms. The summed E-state index contributed by atoms with van der Waals surface area (Å²) in [5.74, 6) is 0.705. The first-order valence-corrected chi connectivity index (χ1v) is 2.49. The maximum absolute atomic E-state index is 8.09. The standard InChI is InChI=1S/C6H5N3/c7-3-1-2-6-8-4-5-9-6/h1-2,4-5H,(H,8,9)/b2-1-. The Morgan fingerprint density at radius 1 is 1.78 bits per heavy atom. The Morgan fingerprint density at radius 3 is 3.22 bits per heavy atom. The molecule has 1 rings (SSSR count). The second-order valence-electron chi connectivity index (χ2n) is 1.44. The molecular formula is C6H5N3. The Bertz CT molecular complexity index is 227. The van der Waals surface area contributed by atoms with Crippen LogP contribution in [0.3, 0.4) is 0 Å². The molecule has 0 amide bonds. The first-order chi connectivity index (χ1) is 4.43. The van der Waals surface area contributed by atoms with E-state index in [-0.39, 0.29) is 0 Å². The molecule has 0 bridgehead atoms. The van der Waals surface area contributed by atoms with Gasteiger partial charge in [-0.1, -0.05) is 0 Å². The molecule has 0 aliphatic heterocycles. The van der Waals surface area contributed by atoms with Crippen molar-refractivity contribution in [2.75, 3.05) is 0 Å². The summed E-state index contributed by atoms with van der Waals surface area (Å²) in [4.78, 5) is 6.68. The number of allylic oxidation sites excluding steroid dienone is 1. The van der Waals surface area contributed by atoms with Gasteiger partial charge in [-0.15, -0.1) is 0 Å². The maximum atomic E-state index is 8.09. The molecule has 44 valence electrons. The van der Waals surface area contributed by atoms with Crippen molar-refractivity contribution < 1.29 is 0 Å². The highest BCUT2D eigenvalue weighted by Crippen LogP contribution is 1.89. The highest BCUT2D eigenvalue weighted by molar-refractivity contribution is 5.42. The molecule has 0 fully saturated rings. The zero-order chi connectivity index (χ0) is 6.53. The van der Waals surface area contributed by atoms with Crippen LogP contribution in [0.2, 0.25) is 0 Å². The summed E-state index contributed by atoms with van der Waals surface area (Å²) >= 11 is 0. The van der Waals surface area contributed by atoms with E-state index in [0.717, 1.165) is 0 Å². The number of nitrogens with one attached hydrogen (secondary N) is 1. The van der Waals surface area contributed by atoms with E-state index in [0.29, 0.717) is 5.82 Å². The quantitative estimate of drug-likeness (QED) is 0.559. The van der Waals surface area contributed by atoms with E-state index >= 15 is 0 Å². The monoisotopic (exact) mass is 119 g/mol. The zero-order valence-electron chi connectivity index (χ0n) is 4.70. The molecule has 0 atom stereocenters. The summed E-state index contributed by atoms with van der Waals surface area (Å²) in [7, 11) is 0. The minimum absolute atomic E-state index is 0.705. The summed E-state index contributed by atoms with van der Waals surface area (Å²) in [6, 6.07) is 1.87. The van der Waals surface area contributed by atoms with Crippen molar-refractivity contribution in [2.45, 2.75) is 0 Å². The number of aromatic amines is 1. The number of imidazole rings is 1. The Balaban J connectivity index is 2.71. The minimum atomic E-state index is 0.705. The molecule has 1 heterocycles. The van der Waals surface area contributed by atoms with Gasteiger partial charge in [0, 0.05) is 18.5 Å². The van der Waals surface area contributed by atoms with Crippen molar-refractivity contribution in [3.63, 3.8) is 0 Å². The van der Waals surface area contributed by atoms with Gasteiger partial charge in [0.15, 0.2) is 0 Å². The smallest absolute Gasteiger partial charge is 0.130 e. The van der Waals surface area contributed by atoms with Gasteiger partial charge in [0.1, 0.15) is 5.82 Å². The maximum Gasteiger partial charge on any atom is 0.130 e. The molecule has 0 radical (unpaired) electrons. The molecular weight excluding hydrogens is 114 g/mol.